The number of benzene rings is 1. The first-order valence-corrected chi connectivity index (χ1v) is 11.4. The summed E-state index contributed by atoms with van der Waals surface area (Å²) in [7, 11) is 0. The second-order valence-electron chi connectivity index (χ2n) is 7.45. The van der Waals surface area contributed by atoms with Crippen molar-refractivity contribution < 1.29 is 24.2 Å². The number of amides is 1. The average molecular weight is 464 g/mol. The number of hydrogen-bond donors (Lipinski definition) is 1. The van der Waals surface area contributed by atoms with E-state index in [-0.39, 0.29) is 41.2 Å². The van der Waals surface area contributed by atoms with Gasteiger partial charge < -0.3 is 19.5 Å². The van der Waals surface area contributed by atoms with Gasteiger partial charge in [0.05, 0.1) is 36.0 Å². The first-order chi connectivity index (χ1) is 14.8. The molecule has 1 aliphatic rings. The summed E-state index contributed by atoms with van der Waals surface area (Å²) in [5.41, 5.74) is 1.21. The molecule has 1 atom stereocenters. The Morgan fingerprint density at radius 2 is 2.03 bits per heavy atom. The van der Waals surface area contributed by atoms with E-state index in [2.05, 4.69) is 0 Å². The lowest BCUT2D eigenvalue weighted by Crippen LogP contribution is -2.33. The molecule has 0 radical (unpaired) electrons. The van der Waals surface area contributed by atoms with Gasteiger partial charge in [-0.25, -0.2) is 0 Å². The fourth-order valence-corrected chi connectivity index (χ4v) is 4.78. The summed E-state index contributed by atoms with van der Waals surface area (Å²) in [5, 5.41) is 13.3. The normalized spacial score (nSPS) is 18.3. The molecular weight excluding hydrogens is 438 g/mol. The van der Waals surface area contributed by atoms with E-state index in [1.165, 1.54) is 16.2 Å². The molecular formula is C23H26ClNO5S. The van der Waals surface area contributed by atoms with Crippen LogP contribution < -0.4 is 4.74 Å². The molecule has 2 heterocycles. The van der Waals surface area contributed by atoms with E-state index in [1.807, 2.05) is 39.1 Å². The zero-order valence-corrected chi connectivity index (χ0v) is 19.5. The van der Waals surface area contributed by atoms with Gasteiger partial charge in [0.2, 0.25) is 0 Å². The van der Waals surface area contributed by atoms with Crippen LogP contribution in [0.3, 0.4) is 0 Å². The van der Waals surface area contributed by atoms with Crippen molar-refractivity contribution >= 4 is 40.4 Å². The Hall–Kier alpha value is -2.35. The highest BCUT2D eigenvalue weighted by atomic mass is 35.5. The number of hydrogen-bond acceptors (Lipinski definition) is 6. The van der Waals surface area contributed by atoms with Crippen LogP contribution in [0.5, 0.6) is 5.75 Å². The minimum absolute atomic E-state index is 0.00106. The third-order valence-corrected chi connectivity index (χ3v) is 6.38. The maximum Gasteiger partial charge on any atom is 0.295 e. The van der Waals surface area contributed by atoms with Crippen molar-refractivity contribution in [2.75, 3.05) is 19.8 Å². The number of likely N-dealkylation sites (tertiary alicyclic amines) is 1. The highest BCUT2D eigenvalue weighted by molar-refractivity contribution is 7.10. The highest BCUT2D eigenvalue weighted by Gasteiger charge is 2.47. The molecule has 1 aliphatic heterocycles. The third-order valence-electron chi connectivity index (χ3n) is 4.98. The molecule has 0 aliphatic carbocycles. The quantitative estimate of drug-likeness (QED) is 0.340. The van der Waals surface area contributed by atoms with E-state index in [0.717, 1.165) is 10.4 Å². The van der Waals surface area contributed by atoms with E-state index in [4.69, 9.17) is 21.1 Å². The van der Waals surface area contributed by atoms with Gasteiger partial charge in [-0.2, -0.15) is 0 Å². The summed E-state index contributed by atoms with van der Waals surface area (Å²) in [5.74, 6) is -1.20. The number of halogens is 1. The molecule has 1 saturated heterocycles. The zero-order valence-electron chi connectivity index (χ0n) is 18.0. The van der Waals surface area contributed by atoms with Crippen molar-refractivity contribution in [3.8, 4) is 5.75 Å². The molecule has 0 saturated carbocycles. The summed E-state index contributed by atoms with van der Waals surface area (Å²) >= 11 is 7.77. The summed E-state index contributed by atoms with van der Waals surface area (Å²) in [6.07, 6.45) is -0.00106. The number of thiophene rings is 1. The molecule has 1 unspecified atom stereocenters. The maximum absolute atomic E-state index is 13.0. The lowest BCUT2D eigenvalue weighted by Gasteiger charge is -2.25. The third kappa shape index (κ3) is 4.79. The Kier molecular flexibility index (Phi) is 7.41. The molecule has 0 spiro atoms. The number of aliphatic hydroxyl groups excluding tert-OH is 1. The molecule has 1 amide bonds. The maximum atomic E-state index is 13.0. The number of carbonyl (C=O) groups is 2. The van der Waals surface area contributed by atoms with Gasteiger partial charge in [-0.15, -0.1) is 11.3 Å². The number of carbonyl (C=O) groups excluding carboxylic acids is 2. The number of rotatable bonds is 8. The SMILES string of the molecule is CCOc1ccc(Cl)c(/C(O)=C2\C(=O)C(=O)N(CCOC(C)C)C2c2sccc2C)c1. The van der Waals surface area contributed by atoms with Crippen LogP contribution in [-0.2, 0) is 14.3 Å². The van der Waals surface area contributed by atoms with E-state index >= 15 is 0 Å². The Labute approximate surface area is 191 Å². The second-order valence-corrected chi connectivity index (χ2v) is 8.81. The van der Waals surface area contributed by atoms with Gasteiger partial charge in [-0.05, 0) is 62.9 Å². The molecule has 166 valence electrons. The van der Waals surface area contributed by atoms with E-state index in [1.54, 1.807) is 18.2 Å². The lowest BCUT2D eigenvalue weighted by molar-refractivity contribution is -0.140. The molecule has 1 fully saturated rings. The van der Waals surface area contributed by atoms with Crippen LogP contribution in [0.1, 0.15) is 42.8 Å². The standard InChI is InChI=1S/C23H26ClNO5S/c1-5-29-15-6-7-17(24)16(12-15)20(26)18-19(22-14(4)8-11-31-22)25(23(28)21(18)27)9-10-30-13(2)3/h6-8,11-13,19,26H,5,9-10H2,1-4H3/b20-18+. The largest absolute Gasteiger partial charge is 0.507 e. The number of ether oxygens (including phenoxy) is 2. The number of aliphatic hydroxyl groups is 1. The van der Waals surface area contributed by atoms with Crippen molar-refractivity contribution in [1.82, 2.24) is 4.90 Å². The van der Waals surface area contributed by atoms with E-state index < -0.39 is 17.7 Å². The fraction of sp³-hybridized carbons (Fsp3) is 0.391. The Morgan fingerprint density at radius 3 is 2.65 bits per heavy atom. The van der Waals surface area contributed by atoms with Crippen molar-refractivity contribution in [1.29, 1.82) is 0 Å². The van der Waals surface area contributed by atoms with Gasteiger partial charge in [0.15, 0.2) is 0 Å². The van der Waals surface area contributed by atoms with Gasteiger partial charge in [-0.1, -0.05) is 11.6 Å². The van der Waals surface area contributed by atoms with Crippen LogP contribution in [0.15, 0.2) is 35.2 Å². The van der Waals surface area contributed by atoms with Gasteiger partial charge in [-0.3, -0.25) is 9.59 Å². The summed E-state index contributed by atoms with van der Waals surface area (Å²) in [4.78, 5) is 28.3. The Bertz CT molecular complexity index is 1010. The number of ketones is 1. The van der Waals surface area contributed by atoms with E-state index in [0.29, 0.717) is 12.4 Å². The topological polar surface area (TPSA) is 76.1 Å². The molecule has 8 heteroatoms. The van der Waals surface area contributed by atoms with Gasteiger partial charge in [0, 0.05) is 17.0 Å². The minimum Gasteiger partial charge on any atom is -0.507 e. The van der Waals surface area contributed by atoms with Crippen LogP contribution in [-0.4, -0.2) is 47.6 Å². The first kappa shape index (κ1) is 23.3. The second kappa shape index (κ2) is 9.85. The Morgan fingerprint density at radius 1 is 1.29 bits per heavy atom. The number of nitrogens with zero attached hydrogens (tertiary/aromatic N) is 1. The van der Waals surface area contributed by atoms with Crippen molar-refractivity contribution in [2.24, 2.45) is 0 Å². The predicted molar refractivity (Wildman–Crippen MR) is 122 cm³/mol. The monoisotopic (exact) mass is 463 g/mol. The van der Waals surface area contributed by atoms with Crippen LogP contribution in [0.2, 0.25) is 5.02 Å². The summed E-state index contributed by atoms with van der Waals surface area (Å²) in [6, 6.07) is 6.08. The lowest BCUT2D eigenvalue weighted by atomic mass is 9.98. The molecule has 2 aromatic rings. The fourth-order valence-electron chi connectivity index (χ4n) is 3.52. The summed E-state index contributed by atoms with van der Waals surface area (Å²) in [6.45, 7) is 8.53. The van der Waals surface area contributed by atoms with Gasteiger partial charge in [0.1, 0.15) is 11.5 Å². The van der Waals surface area contributed by atoms with Crippen molar-refractivity contribution in [3.05, 3.63) is 56.2 Å². The van der Waals surface area contributed by atoms with Crippen LogP contribution >= 0.6 is 22.9 Å². The Balaban J connectivity index is 2.12. The van der Waals surface area contributed by atoms with Crippen LogP contribution in [0.4, 0.5) is 0 Å². The van der Waals surface area contributed by atoms with Crippen LogP contribution in [0, 0.1) is 6.92 Å². The minimum atomic E-state index is -0.738. The van der Waals surface area contributed by atoms with Crippen LogP contribution in [0.25, 0.3) is 5.76 Å². The molecule has 0 bridgehead atoms. The van der Waals surface area contributed by atoms with Crippen molar-refractivity contribution in [2.45, 2.75) is 39.8 Å². The number of aryl methyl sites for hydroxylation is 1. The highest BCUT2D eigenvalue weighted by Crippen LogP contribution is 2.43. The molecule has 3 rings (SSSR count). The number of Topliss-reactive ketones (excluding diaryl/α,β-unsaturated/α-hetero) is 1. The van der Waals surface area contributed by atoms with Gasteiger partial charge >= 0.3 is 0 Å². The predicted octanol–water partition coefficient (Wildman–Crippen LogP) is 4.96. The van der Waals surface area contributed by atoms with Gasteiger partial charge in [0.25, 0.3) is 11.7 Å². The van der Waals surface area contributed by atoms with E-state index in [9.17, 15) is 14.7 Å². The molecule has 6 nitrogen and oxygen atoms in total. The van der Waals surface area contributed by atoms with Crippen molar-refractivity contribution in [3.63, 3.8) is 0 Å². The summed E-state index contributed by atoms with van der Waals surface area (Å²) < 4.78 is 11.1. The zero-order chi connectivity index (χ0) is 22.7. The molecule has 1 aromatic heterocycles. The molecule has 31 heavy (non-hydrogen) atoms. The molecule has 1 N–H and O–H groups in total. The smallest absolute Gasteiger partial charge is 0.295 e. The average Bonchev–Trinajstić information content (AvgIpc) is 3.24. The molecule has 1 aromatic carbocycles. The first-order valence-electron chi connectivity index (χ1n) is 10.1.